The molecule has 1 heteroatoms. The summed E-state index contributed by atoms with van der Waals surface area (Å²) >= 11 is 0. The first-order chi connectivity index (χ1) is 4.93. The van der Waals surface area contributed by atoms with Crippen LogP contribution in [0.3, 0.4) is 0 Å². The van der Waals surface area contributed by atoms with Crippen LogP contribution >= 0.6 is 0 Å². The minimum atomic E-state index is 0.799. The van der Waals surface area contributed by atoms with E-state index in [0.717, 1.165) is 5.92 Å². The first-order valence-electron chi connectivity index (χ1n) is 4.36. The molecule has 0 unspecified atom stereocenters. The van der Waals surface area contributed by atoms with Gasteiger partial charge in [0.25, 0.3) is 0 Å². The van der Waals surface area contributed by atoms with Crippen LogP contribution in [0.1, 0.15) is 38.5 Å². The van der Waals surface area contributed by atoms with Crippen molar-refractivity contribution < 1.29 is 0 Å². The van der Waals surface area contributed by atoms with Crippen molar-refractivity contribution in [3.05, 3.63) is 0 Å². The van der Waals surface area contributed by atoms with Crippen molar-refractivity contribution in [2.45, 2.75) is 38.5 Å². The zero-order valence-electron chi connectivity index (χ0n) is 6.84. The average Bonchev–Trinajstić information content (AvgIpc) is 2.17. The minimum Gasteiger partial charge on any atom is -0.301 e. The molecule has 1 saturated carbocycles. The summed E-state index contributed by atoms with van der Waals surface area (Å²) in [4.78, 5) is 4.08. The van der Waals surface area contributed by atoms with Gasteiger partial charge < -0.3 is 4.99 Å². The maximum atomic E-state index is 4.08. The SMILES string of the molecule is CN=CC1CCCCCC1. The Morgan fingerprint density at radius 3 is 2.20 bits per heavy atom. The van der Waals surface area contributed by atoms with Crippen molar-refractivity contribution in [1.82, 2.24) is 0 Å². The molecule has 0 aliphatic heterocycles. The number of rotatable bonds is 1. The van der Waals surface area contributed by atoms with Gasteiger partial charge in [0.2, 0.25) is 0 Å². The Morgan fingerprint density at radius 1 is 1.10 bits per heavy atom. The number of aliphatic imine (C=N–C) groups is 1. The molecule has 0 amide bonds. The lowest BCUT2D eigenvalue weighted by atomic mass is 10.0. The van der Waals surface area contributed by atoms with Gasteiger partial charge >= 0.3 is 0 Å². The van der Waals surface area contributed by atoms with Crippen LogP contribution in [0, 0.1) is 5.92 Å². The van der Waals surface area contributed by atoms with E-state index in [4.69, 9.17) is 0 Å². The summed E-state index contributed by atoms with van der Waals surface area (Å²) in [5.74, 6) is 0.799. The summed E-state index contributed by atoms with van der Waals surface area (Å²) < 4.78 is 0. The lowest BCUT2D eigenvalue weighted by Gasteiger charge is -2.04. The first-order valence-corrected chi connectivity index (χ1v) is 4.36. The summed E-state index contributed by atoms with van der Waals surface area (Å²) in [5, 5.41) is 0. The molecule has 0 aromatic heterocycles. The molecule has 1 aliphatic carbocycles. The van der Waals surface area contributed by atoms with E-state index in [1.165, 1.54) is 38.5 Å². The van der Waals surface area contributed by atoms with Crippen molar-refractivity contribution in [1.29, 1.82) is 0 Å². The molecule has 0 radical (unpaired) electrons. The third-order valence-electron chi connectivity index (χ3n) is 2.26. The lowest BCUT2D eigenvalue weighted by Crippen LogP contribution is -1.98. The third-order valence-corrected chi connectivity index (χ3v) is 2.26. The highest BCUT2D eigenvalue weighted by atomic mass is 14.6. The summed E-state index contributed by atoms with van der Waals surface area (Å²) in [6, 6.07) is 0. The fourth-order valence-electron chi connectivity index (χ4n) is 1.67. The molecule has 1 aliphatic rings. The number of hydrogen-bond acceptors (Lipinski definition) is 1. The Labute approximate surface area is 63.5 Å². The molecule has 1 fully saturated rings. The fourth-order valence-corrected chi connectivity index (χ4v) is 1.67. The van der Waals surface area contributed by atoms with Crippen molar-refractivity contribution >= 4 is 6.21 Å². The molecule has 0 atom stereocenters. The lowest BCUT2D eigenvalue weighted by molar-refractivity contribution is 0.601. The normalized spacial score (nSPS) is 23.3. The summed E-state index contributed by atoms with van der Waals surface area (Å²) in [7, 11) is 1.88. The Kier molecular flexibility index (Phi) is 3.48. The van der Waals surface area contributed by atoms with Gasteiger partial charge in [-0.3, -0.25) is 0 Å². The number of nitrogens with zero attached hydrogens (tertiary/aromatic N) is 1. The molecule has 0 bridgehead atoms. The van der Waals surface area contributed by atoms with E-state index in [9.17, 15) is 0 Å². The van der Waals surface area contributed by atoms with Crippen LogP contribution in [0.15, 0.2) is 4.99 Å². The van der Waals surface area contributed by atoms with Gasteiger partial charge in [0.1, 0.15) is 0 Å². The van der Waals surface area contributed by atoms with Crippen molar-refractivity contribution in [3.8, 4) is 0 Å². The molecular formula is C9H17N. The maximum absolute atomic E-state index is 4.08. The minimum absolute atomic E-state index is 0.799. The number of hydrogen-bond donors (Lipinski definition) is 0. The van der Waals surface area contributed by atoms with Crippen LogP contribution in [-0.4, -0.2) is 13.3 Å². The molecule has 0 N–H and O–H groups in total. The van der Waals surface area contributed by atoms with E-state index >= 15 is 0 Å². The quantitative estimate of drug-likeness (QED) is 0.391. The van der Waals surface area contributed by atoms with Crippen molar-refractivity contribution in [2.75, 3.05) is 7.05 Å². The topological polar surface area (TPSA) is 12.4 Å². The van der Waals surface area contributed by atoms with Gasteiger partial charge in [-0.2, -0.15) is 0 Å². The third kappa shape index (κ3) is 2.51. The van der Waals surface area contributed by atoms with Crippen LogP contribution in [0.2, 0.25) is 0 Å². The highest BCUT2D eigenvalue weighted by molar-refractivity contribution is 5.60. The second-order valence-corrected chi connectivity index (χ2v) is 3.16. The van der Waals surface area contributed by atoms with Gasteiger partial charge in [-0.25, -0.2) is 0 Å². The van der Waals surface area contributed by atoms with Gasteiger partial charge in [-0.1, -0.05) is 25.7 Å². The summed E-state index contributed by atoms with van der Waals surface area (Å²) in [5.41, 5.74) is 0. The van der Waals surface area contributed by atoms with E-state index in [1.54, 1.807) is 0 Å². The summed E-state index contributed by atoms with van der Waals surface area (Å²) in [6.07, 6.45) is 10.6. The molecular weight excluding hydrogens is 122 g/mol. The van der Waals surface area contributed by atoms with Crippen LogP contribution in [0.25, 0.3) is 0 Å². The summed E-state index contributed by atoms with van der Waals surface area (Å²) in [6.45, 7) is 0. The highest BCUT2D eigenvalue weighted by Gasteiger charge is 2.08. The first kappa shape index (κ1) is 7.77. The maximum Gasteiger partial charge on any atom is 0.0273 e. The molecule has 1 rings (SSSR count). The standard InChI is InChI=1S/C9H17N/c1-10-8-9-6-4-2-3-5-7-9/h8-9H,2-7H2,1H3. The molecule has 0 saturated heterocycles. The molecule has 0 aromatic rings. The van der Waals surface area contributed by atoms with Crippen LogP contribution in [0.4, 0.5) is 0 Å². The van der Waals surface area contributed by atoms with E-state index in [2.05, 4.69) is 11.2 Å². The monoisotopic (exact) mass is 139 g/mol. The van der Waals surface area contributed by atoms with Gasteiger partial charge in [0.15, 0.2) is 0 Å². The highest BCUT2D eigenvalue weighted by Crippen LogP contribution is 2.20. The average molecular weight is 139 g/mol. The second kappa shape index (κ2) is 4.48. The van der Waals surface area contributed by atoms with Crippen molar-refractivity contribution in [3.63, 3.8) is 0 Å². The molecule has 0 aromatic carbocycles. The zero-order valence-corrected chi connectivity index (χ0v) is 6.84. The van der Waals surface area contributed by atoms with E-state index < -0.39 is 0 Å². The largest absolute Gasteiger partial charge is 0.301 e. The van der Waals surface area contributed by atoms with Crippen LogP contribution < -0.4 is 0 Å². The van der Waals surface area contributed by atoms with Gasteiger partial charge in [-0.15, -0.1) is 0 Å². The van der Waals surface area contributed by atoms with E-state index in [-0.39, 0.29) is 0 Å². The van der Waals surface area contributed by atoms with E-state index in [0.29, 0.717) is 0 Å². The predicted octanol–water partition coefficient (Wildman–Crippen LogP) is 2.66. The van der Waals surface area contributed by atoms with Gasteiger partial charge in [-0.05, 0) is 18.8 Å². The fraction of sp³-hybridized carbons (Fsp3) is 0.889. The second-order valence-electron chi connectivity index (χ2n) is 3.16. The molecule has 10 heavy (non-hydrogen) atoms. The Balaban J connectivity index is 2.28. The molecule has 0 spiro atoms. The molecule has 58 valence electrons. The Bertz CT molecular complexity index is 99.3. The smallest absolute Gasteiger partial charge is 0.0273 e. The predicted molar refractivity (Wildman–Crippen MR) is 45.6 cm³/mol. The van der Waals surface area contributed by atoms with Crippen LogP contribution in [-0.2, 0) is 0 Å². The van der Waals surface area contributed by atoms with Gasteiger partial charge in [0, 0.05) is 13.3 Å². The Morgan fingerprint density at radius 2 is 1.70 bits per heavy atom. The van der Waals surface area contributed by atoms with E-state index in [1.807, 2.05) is 7.05 Å². The zero-order chi connectivity index (χ0) is 7.23. The Hall–Kier alpha value is -0.330. The van der Waals surface area contributed by atoms with Gasteiger partial charge in [0.05, 0.1) is 0 Å². The molecule has 0 heterocycles. The molecule has 1 nitrogen and oxygen atoms in total. The van der Waals surface area contributed by atoms with Crippen molar-refractivity contribution in [2.24, 2.45) is 10.9 Å². The van der Waals surface area contributed by atoms with Crippen LogP contribution in [0.5, 0.6) is 0 Å².